The molecule has 2 unspecified atom stereocenters. The molecule has 1 aliphatic heterocycles. The lowest BCUT2D eigenvalue weighted by molar-refractivity contribution is 0.0573. The molecular weight excluding hydrogens is 252 g/mol. The summed E-state index contributed by atoms with van der Waals surface area (Å²) in [6.07, 6.45) is 5.40. The van der Waals surface area contributed by atoms with Gasteiger partial charge in [0.1, 0.15) is 6.61 Å². The second kappa shape index (κ2) is 6.53. The summed E-state index contributed by atoms with van der Waals surface area (Å²) < 4.78 is 0. The van der Waals surface area contributed by atoms with Gasteiger partial charge in [-0.3, -0.25) is 9.78 Å². The molecule has 1 saturated heterocycles. The number of piperidine rings is 1. The van der Waals surface area contributed by atoms with Gasteiger partial charge >= 0.3 is 0 Å². The molecule has 0 saturated carbocycles. The number of amides is 1. The molecule has 4 nitrogen and oxygen atoms in total. The van der Waals surface area contributed by atoms with Crippen molar-refractivity contribution in [1.29, 1.82) is 0 Å². The van der Waals surface area contributed by atoms with Crippen molar-refractivity contribution < 1.29 is 9.90 Å². The molecule has 0 bridgehead atoms. The number of aliphatic hydroxyl groups excluding tert-OH is 1. The Kier molecular flexibility index (Phi) is 4.75. The van der Waals surface area contributed by atoms with Crippen molar-refractivity contribution in [3.8, 4) is 11.8 Å². The topological polar surface area (TPSA) is 53.4 Å². The highest BCUT2D eigenvalue weighted by Crippen LogP contribution is 2.23. The van der Waals surface area contributed by atoms with E-state index < -0.39 is 0 Å². The van der Waals surface area contributed by atoms with Crippen molar-refractivity contribution in [3.63, 3.8) is 0 Å². The number of nitrogens with zero attached hydrogens (tertiary/aromatic N) is 2. The third kappa shape index (κ3) is 3.37. The highest BCUT2D eigenvalue weighted by atomic mass is 16.2. The molecule has 0 spiro atoms. The Morgan fingerprint density at radius 3 is 3.00 bits per heavy atom. The van der Waals surface area contributed by atoms with Gasteiger partial charge in [-0.2, -0.15) is 0 Å². The minimum absolute atomic E-state index is 0.0178. The summed E-state index contributed by atoms with van der Waals surface area (Å²) in [5.74, 6) is 5.91. The van der Waals surface area contributed by atoms with E-state index in [9.17, 15) is 4.79 Å². The Balaban J connectivity index is 2.20. The average Bonchev–Trinajstić information content (AvgIpc) is 2.47. The van der Waals surface area contributed by atoms with Gasteiger partial charge in [-0.25, -0.2) is 0 Å². The van der Waals surface area contributed by atoms with Gasteiger partial charge in [-0.05, 0) is 31.7 Å². The van der Waals surface area contributed by atoms with Crippen LogP contribution in [-0.4, -0.2) is 40.1 Å². The van der Waals surface area contributed by atoms with Crippen molar-refractivity contribution >= 4 is 5.91 Å². The van der Waals surface area contributed by atoms with Gasteiger partial charge in [-0.15, -0.1) is 0 Å². The van der Waals surface area contributed by atoms with Gasteiger partial charge in [0.15, 0.2) is 0 Å². The van der Waals surface area contributed by atoms with Crippen LogP contribution < -0.4 is 0 Å². The Morgan fingerprint density at radius 2 is 2.25 bits per heavy atom. The molecule has 0 aromatic carbocycles. The molecule has 1 aromatic rings. The number of aliphatic hydroxyl groups is 1. The number of rotatable bonds is 1. The number of likely N-dealkylation sites (tertiary alicyclic amines) is 1. The molecule has 20 heavy (non-hydrogen) atoms. The summed E-state index contributed by atoms with van der Waals surface area (Å²) in [7, 11) is 0. The predicted molar refractivity (Wildman–Crippen MR) is 77.1 cm³/mol. The molecule has 2 heterocycles. The molecule has 1 N–H and O–H groups in total. The lowest BCUT2D eigenvalue weighted by atomic mass is 9.94. The molecule has 2 rings (SSSR count). The van der Waals surface area contributed by atoms with Gasteiger partial charge in [-0.1, -0.05) is 18.8 Å². The molecular formula is C16H20N2O2. The smallest absolute Gasteiger partial charge is 0.255 e. The lowest BCUT2D eigenvalue weighted by Gasteiger charge is -2.36. The summed E-state index contributed by atoms with van der Waals surface area (Å²) in [6.45, 7) is 4.87. The molecule has 4 heteroatoms. The summed E-state index contributed by atoms with van der Waals surface area (Å²) >= 11 is 0. The molecule has 106 valence electrons. The van der Waals surface area contributed by atoms with Crippen LogP contribution in [0.2, 0.25) is 0 Å². The Morgan fingerprint density at radius 1 is 1.45 bits per heavy atom. The molecule has 2 atom stereocenters. The van der Waals surface area contributed by atoms with Gasteiger partial charge in [0, 0.05) is 30.5 Å². The molecule has 1 aromatic heterocycles. The highest BCUT2D eigenvalue weighted by molar-refractivity contribution is 5.94. The van der Waals surface area contributed by atoms with E-state index in [2.05, 4.69) is 30.7 Å². The maximum absolute atomic E-state index is 12.6. The van der Waals surface area contributed by atoms with Crippen molar-refractivity contribution in [3.05, 3.63) is 29.6 Å². The summed E-state index contributed by atoms with van der Waals surface area (Å²) in [6, 6.07) is 2.01. The molecule has 1 fully saturated rings. The van der Waals surface area contributed by atoms with E-state index in [0.717, 1.165) is 13.0 Å². The number of aromatic nitrogens is 1. The van der Waals surface area contributed by atoms with Crippen molar-refractivity contribution in [1.82, 2.24) is 9.88 Å². The van der Waals surface area contributed by atoms with Crippen LogP contribution in [0.5, 0.6) is 0 Å². The molecule has 1 aliphatic rings. The van der Waals surface area contributed by atoms with E-state index in [4.69, 9.17) is 5.11 Å². The largest absolute Gasteiger partial charge is 0.384 e. The predicted octanol–water partition coefficient (Wildman–Crippen LogP) is 1.69. The Bertz CT molecular complexity index is 545. The van der Waals surface area contributed by atoms with Crippen LogP contribution in [0.3, 0.4) is 0 Å². The quantitative estimate of drug-likeness (QED) is 0.791. The van der Waals surface area contributed by atoms with E-state index in [1.165, 1.54) is 6.42 Å². The Hall–Kier alpha value is -1.86. The van der Waals surface area contributed by atoms with Crippen LogP contribution in [0.4, 0.5) is 0 Å². The van der Waals surface area contributed by atoms with Gasteiger partial charge in [0.05, 0.1) is 5.56 Å². The second-order valence-corrected chi connectivity index (χ2v) is 5.41. The van der Waals surface area contributed by atoms with Crippen molar-refractivity contribution in [2.75, 3.05) is 13.2 Å². The SMILES string of the molecule is CC1CCC(C)N(C(=O)c2cncc(C#CCO)c2)C1. The standard InChI is InChI=1S/C16H20N2O2/c1-12-5-6-13(2)18(11-12)16(20)15-8-14(4-3-7-19)9-17-10-15/h8-10,12-13,19H,5-7,11H2,1-2H3. The maximum Gasteiger partial charge on any atom is 0.255 e. The van der Waals surface area contributed by atoms with E-state index in [1.54, 1.807) is 18.5 Å². The number of hydrogen-bond acceptors (Lipinski definition) is 3. The second-order valence-electron chi connectivity index (χ2n) is 5.41. The molecule has 0 radical (unpaired) electrons. The van der Waals surface area contributed by atoms with Crippen LogP contribution in [-0.2, 0) is 0 Å². The zero-order chi connectivity index (χ0) is 14.5. The van der Waals surface area contributed by atoms with Crippen LogP contribution in [0.15, 0.2) is 18.5 Å². The van der Waals surface area contributed by atoms with E-state index in [0.29, 0.717) is 17.0 Å². The number of hydrogen-bond donors (Lipinski definition) is 1. The third-order valence-electron chi connectivity index (χ3n) is 3.68. The van der Waals surface area contributed by atoms with Gasteiger partial charge in [0.2, 0.25) is 0 Å². The maximum atomic E-state index is 12.6. The van der Waals surface area contributed by atoms with Gasteiger partial charge in [0.25, 0.3) is 5.91 Å². The first-order chi connectivity index (χ1) is 9.61. The molecule has 1 amide bonds. The number of carbonyl (C=O) groups is 1. The fourth-order valence-electron chi connectivity index (χ4n) is 2.50. The average molecular weight is 272 g/mol. The number of pyridine rings is 1. The fourth-order valence-corrected chi connectivity index (χ4v) is 2.50. The summed E-state index contributed by atoms with van der Waals surface area (Å²) in [5.41, 5.74) is 1.22. The van der Waals surface area contributed by atoms with E-state index in [-0.39, 0.29) is 18.6 Å². The van der Waals surface area contributed by atoms with Crippen LogP contribution in [0.25, 0.3) is 0 Å². The first kappa shape index (κ1) is 14.5. The first-order valence-corrected chi connectivity index (χ1v) is 6.97. The summed E-state index contributed by atoms with van der Waals surface area (Å²) in [4.78, 5) is 18.6. The molecule has 0 aliphatic carbocycles. The zero-order valence-corrected chi connectivity index (χ0v) is 12.0. The minimum atomic E-state index is -0.196. The highest BCUT2D eigenvalue weighted by Gasteiger charge is 2.27. The van der Waals surface area contributed by atoms with Crippen LogP contribution >= 0.6 is 0 Å². The van der Waals surface area contributed by atoms with E-state index in [1.807, 2.05) is 4.90 Å². The van der Waals surface area contributed by atoms with Crippen LogP contribution in [0.1, 0.15) is 42.6 Å². The monoisotopic (exact) mass is 272 g/mol. The fraction of sp³-hybridized carbons (Fsp3) is 0.500. The van der Waals surface area contributed by atoms with E-state index >= 15 is 0 Å². The Labute approximate surface area is 119 Å². The lowest BCUT2D eigenvalue weighted by Crippen LogP contribution is -2.44. The first-order valence-electron chi connectivity index (χ1n) is 6.97. The third-order valence-corrected chi connectivity index (χ3v) is 3.68. The number of carbonyl (C=O) groups excluding carboxylic acids is 1. The van der Waals surface area contributed by atoms with Crippen molar-refractivity contribution in [2.24, 2.45) is 5.92 Å². The van der Waals surface area contributed by atoms with Crippen molar-refractivity contribution in [2.45, 2.75) is 32.7 Å². The zero-order valence-electron chi connectivity index (χ0n) is 12.0. The summed E-state index contributed by atoms with van der Waals surface area (Å²) in [5, 5.41) is 8.70. The normalized spacial score (nSPS) is 22.1. The minimum Gasteiger partial charge on any atom is -0.384 e. The van der Waals surface area contributed by atoms with Crippen LogP contribution in [0, 0.1) is 17.8 Å². The van der Waals surface area contributed by atoms with Gasteiger partial charge < -0.3 is 10.0 Å².